The second kappa shape index (κ2) is 6.00. The highest BCUT2D eigenvalue weighted by Crippen LogP contribution is 2.27. The Morgan fingerprint density at radius 3 is 2.50 bits per heavy atom. The lowest BCUT2D eigenvalue weighted by molar-refractivity contribution is -0.154. The van der Waals surface area contributed by atoms with Crippen LogP contribution in [0.25, 0.3) is 0 Å². The lowest BCUT2D eigenvalue weighted by Crippen LogP contribution is -2.41. The van der Waals surface area contributed by atoms with Crippen LogP contribution in [0.4, 0.5) is 0 Å². The van der Waals surface area contributed by atoms with Crippen molar-refractivity contribution in [2.75, 3.05) is 6.61 Å². The van der Waals surface area contributed by atoms with Crippen LogP contribution in [0, 0.1) is 11.8 Å². The van der Waals surface area contributed by atoms with Crippen LogP contribution in [-0.4, -0.2) is 39.5 Å². The first-order valence-electron chi connectivity index (χ1n) is 6.08. The van der Waals surface area contributed by atoms with Gasteiger partial charge in [0.1, 0.15) is 10.8 Å². The van der Waals surface area contributed by atoms with Gasteiger partial charge in [-0.25, -0.2) is 0 Å². The minimum Gasteiger partial charge on any atom is -0.466 e. The van der Waals surface area contributed by atoms with Crippen LogP contribution in [-0.2, 0) is 19.1 Å². The fourth-order valence-electron chi connectivity index (χ4n) is 2.11. The normalized spacial score (nSPS) is 22.6. The average Bonchev–Trinajstić information content (AvgIpc) is 2.91. The van der Waals surface area contributed by atoms with Gasteiger partial charge in [0.2, 0.25) is 0 Å². The van der Waals surface area contributed by atoms with Crippen molar-refractivity contribution < 1.29 is 23.9 Å². The SMILES string of the molecule is CCOC(=O)C1CC(=O)C(C(=O)c2cnns2)C(=O)C1. The van der Waals surface area contributed by atoms with E-state index >= 15 is 0 Å². The summed E-state index contributed by atoms with van der Waals surface area (Å²) in [5.41, 5.74) is 0. The van der Waals surface area contributed by atoms with Crippen LogP contribution in [0.1, 0.15) is 29.4 Å². The summed E-state index contributed by atoms with van der Waals surface area (Å²) in [7, 11) is 0. The van der Waals surface area contributed by atoms with Gasteiger partial charge >= 0.3 is 5.97 Å². The highest BCUT2D eigenvalue weighted by atomic mass is 32.1. The zero-order valence-corrected chi connectivity index (χ0v) is 11.5. The molecule has 0 spiro atoms. The number of rotatable bonds is 4. The van der Waals surface area contributed by atoms with Gasteiger partial charge in [0.15, 0.2) is 17.3 Å². The van der Waals surface area contributed by atoms with Crippen molar-refractivity contribution in [3.05, 3.63) is 11.1 Å². The summed E-state index contributed by atoms with van der Waals surface area (Å²) in [5.74, 6) is -4.35. The van der Waals surface area contributed by atoms with Gasteiger partial charge in [0.25, 0.3) is 0 Å². The Morgan fingerprint density at radius 1 is 1.35 bits per heavy atom. The Morgan fingerprint density at radius 2 is 2.00 bits per heavy atom. The van der Waals surface area contributed by atoms with Crippen molar-refractivity contribution in [3.63, 3.8) is 0 Å². The maximum absolute atomic E-state index is 12.1. The number of ether oxygens (including phenoxy) is 1. The van der Waals surface area contributed by atoms with Crippen LogP contribution in [0.15, 0.2) is 6.20 Å². The maximum Gasteiger partial charge on any atom is 0.309 e. The summed E-state index contributed by atoms with van der Waals surface area (Å²) in [5, 5.41) is 3.51. The summed E-state index contributed by atoms with van der Waals surface area (Å²) in [4.78, 5) is 47.7. The fourth-order valence-corrected chi connectivity index (χ4v) is 2.59. The number of nitrogens with zero attached hydrogens (tertiary/aromatic N) is 2. The van der Waals surface area contributed by atoms with E-state index in [0.717, 1.165) is 11.5 Å². The maximum atomic E-state index is 12.1. The molecule has 1 fully saturated rings. The second-order valence-corrected chi connectivity index (χ2v) is 5.15. The van der Waals surface area contributed by atoms with Gasteiger partial charge in [-0.3, -0.25) is 19.2 Å². The number of ketones is 3. The molecule has 0 radical (unpaired) electrons. The van der Waals surface area contributed by atoms with Gasteiger partial charge in [-0.1, -0.05) is 4.49 Å². The van der Waals surface area contributed by atoms with Crippen molar-refractivity contribution in [2.45, 2.75) is 19.8 Å². The smallest absolute Gasteiger partial charge is 0.309 e. The van der Waals surface area contributed by atoms with Crippen LogP contribution in [0.3, 0.4) is 0 Å². The molecular weight excluding hydrogens is 284 g/mol. The summed E-state index contributed by atoms with van der Waals surface area (Å²) in [6.07, 6.45) is 0.936. The number of aromatic nitrogens is 2. The monoisotopic (exact) mass is 296 g/mol. The van der Waals surface area contributed by atoms with E-state index in [2.05, 4.69) is 9.59 Å². The molecule has 0 bridgehead atoms. The van der Waals surface area contributed by atoms with E-state index in [4.69, 9.17) is 4.74 Å². The predicted molar refractivity (Wildman–Crippen MR) is 67.1 cm³/mol. The number of carbonyl (C=O) groups is 4. The standard InChI is InChI=1S/C12H12N2O5S/c1-2-19-12(18)6-3-7(15)10(8(16)4-6)11(17)9-5-13-14-20-9/h5-6,10H,2-4H2,1H3. The van der Waals surface area contributed by atoms with Crippen molar-refractivity contribution >= 4 is 34.9 Å². The van der Waals surface area contributed by atoms with Crippen molar-refractivity contribution in [1.82, 2.24) is 9.59 Å². The third-order valence-corrected chi connectivity index (χ3v) is 3.70. The Labute approximate surface area is 118 Å². The lowest BCUT2D eigenvalue weighted by atomic mass is 9.78. The largest absolute Gasteiger partial charge is 0.466 e. The third kappa shape index (κ3) is 2.79. The molecule has 0 aromatic carbocycles. The highest BCUT2D eigenvalue weighted by molar-refractivity contribution is 7.07. The predicted octanol–water partition coefficient (Wildman–Crippen LogP) is 0.448. The molecule has 8 heteroatoms. The first-order chi connectivity index (χ1) is 9.54. The molecule has 1 heterocycles. The fraction of sp³-hybridized carbons (Fsp3) is 0.500. The van der Waals surface area contributed by atoms with Gasteiger partial charge in [-0.05, 0) is 18.5 Å². The number of carbonyl (C=O) groups excluding carboxylic acids is 4. The molecule has 0 atom stereocenters. The number of hydrogen-bond acceptors (Lipinski definition) is 8. The van der Waals surface area contributed by atoms with Crippen molar-refractivity contribution in [3.8, 4) is 0 Å². The van der Waals surface area contributed by atoms with E-state index in [0.29, 0.717) is 0 Å². The third-order valence-electron chi connectivity index (χ3n) is 3.03. The minimum absolute atomic E-state index is 0.146. The molecule has 0 aliphatic heterocycles. The Balaban J connectivity index is 2.12. The molecule has 0 amide bonds. The highest BCUT2D eigenvalue weighted by Gasteiger charge is 2.43. The molecule has 0 unspecified atom stereocenters. The second-order valence-electron chi connectivity index (χ2n) is 4.37. The first kappa shape index (κ1) is 14.4. The molecule has 0 saturated heterocycles. The number of hydrogen-bond donors (Lipinski definition) is 0. The summed E-state index contributed by atoms with van der Waals surface area (Å²) in [6, 6.07) is 0. The van der Waals surface area contributed by atoms with Gasteiger partial charge < -0.3 is 4.74 Å². The molecule has 1 aliphatic rings. The van der Waals surface area contributed by atoms with Gasteiger partial charge in [-0.15, -0.1) is 5.10 Å². The summed E-state index contributed by atoms with van der Waals surface area (Å²) in [6.45, 7) is 1.83. The van der Waals surface area contributed by atoms with E-state index in [9.17, 15) is 19.2 Å². The average molecular weight is 296 g/mol. The topological polar surface area (TPSA) is 103 Å². The molecular formula is C12H12N2O5S. The molecule has 1 saturated carbocycles. The molecule has 106 valence electrons. The molecule has 1 aliphatic carbocycles. The minimum atomic E-state index is -1.33. The quantitative estimate of drug-likeness (QED) is 0.451. The molecule has 20 heavy (non-hydrogen) atoms. The van der Waals surface area contributed by atoms with Crippen LogP contribution in [0.5, 0.6) is 0 Å². The Hall–Kier alpha value is -1.96. The molecule has 2 rings (SSSR count). The van der Waals surface area contributed by atoms with E-state index in [-0.39, 0.29) is 24.3 Å². The van der Waals surface area contributed by atoms with E-state index in [1.54, 1.807) is 6.92 Å². The first-order valence-corrected chi connectivity index (χ1v) is 6.85. The van der Waals surface area contributed by atoms with E-state index in [1.165, 1.54) is 6.20 Å². The summed E-state index contributed by atoms with van der Waals surface area (Å²) >= 11 is 0.837. The molecule has 7 nitrogen and oxygen atoms in total. The summed E-state index contributed by atoms with van der Waals surface area (Å²) < 4.78 is 8.33. The number of Topliss-reactive ketones (excluding diaryl/α,β-unsaturated/α-hetero) is 3. The molecule has 0 N–H and O–H groups in total. The van der Waals surface area contributed by atoms with Crippen molar-refractivity contribution in [1.29, 1.82) is 0 Å². The molecule has 1 aromatic heterocycles. The Bertz CT molecular complexity index is 536. The van der Waals surface area contributed by atoms with Gasteiger partial charge in [0.05, 0.1) is 18.7 Å². The lowest BCUT2D eigenvalue weighted by Gasteiger charge is -2.23. The van der Waals surface area contributed by atoms with Gasteiger partial charge in [-0.2, -0.15) is 0 Å². The van der Waals surface area contributed by atoms with E-state index in [1.807, 2.05) is 0 Å². The Kier molecular flexibility index (Phi) is 4.33. The zero-order valence-electron chi connectivity index (χ0n) is 10.7. The zero-order chi connectivity index (χ0) is 14.7. The van der Waals surface area contributed by atoms with Crippen LogP contribution >= 0.6 is 11.5 Å². The van der Waals surface area contributed by atoms with Crippen LogP contribution < -0.4 is 0 Å². The van der Waals surface area contributed by atoms with Crippen molar-refractivity contribution in [2.24, 2.45) is 11.8 Å². The van der Waals surface area contributed by atoms with E-state index < -0.39 is 35.2 Å². The van der Waals surface area contributed by atoms with Gasteiger partial charge in [0, 0.05) is 12.8 Å². The molecule has 1 aromatic rings. The number of esters is 1. The van der Waals surface area contributed by atoms with Crippen LogP contribution in [0.2, 0.25) is 0 Å².